The summed E-state index contributed by atoms with van der Waals surface area (Å²) in [4.78, 5) is 11.8. The molecule has 0 aromatic rings. The minimum absolute atomic E-state index is 0.115. The third-order valence-electron chi connectivity index (χ3n) is 2.78. The summed E-state index contributed by atoms with van der Waals surface area (Å²) >= 11 is 0. The first kappa shape index (κ1) is 13.0. The molecule has 0 spiro atoms. The van der Waals surface area contributed by atoms with Crippen LogP contribution in [0.15, 0.2) is 0 Å². The molecule has 1 amide bonds. The molecule has 0 rings (SSSR count). The summed E-state index contributed by atoms with van der Waals surface area (Å²) < 4.78 is 0. The Morgan fingerprint density at radius 3 is 2.14 bits per heavy atom. The molecule has 1 atom stereocenters. The lowest BCUT2D eigenvalue weighted by molar-refractivity contribution is -0.132. The maximum atomic E-state index is 11.8. The smallest absolute Gasteiger partial charge is 0.228 e. The molecule has 0 aromatic heterocycles. The van der Waals surface area contributed by atoms with Gasteiger partial charge in [0.2, 0.25) is 5.91 Å². The van der Waals surface area contributed by atoms with Crippen molar-refractivity contribution in [2.45, 2.75) is 46.2 Å². The SMILES string of the molecule is C#CC(C)NC(=O)C(C)(C)C(C)(C)N. The van der Waals surface area contributed by atoms with Crippen LogP contribution in [-0.2, 0) is 4.79 Å². The molecule has 0 saturated heterocycles. The second kappa shape index (κ2) is 4.02. The molecule has 14 heavy (non-hydrogen) atoms. The minimum atomic E-state index is -0.641. The van der Waals surface area contributed by atoms with E-state index in [0.717, 1.165) is 0 Å². The highest BCUT2D eigenvalue weighted by Crippen LogP contribution is 2.28. The first-order chi connectivity index (χ1) is 6.13. The lowest BCUT2D eigenvalue weighted by Gasteiger charge is -2.37. The Kier molecular flexibility index (Phi) is 3.73. The van der Waals surface area contributed by atoms with Crippen LogP contribution in [0.25, 0.3) is 0 Å². The maximum Gasteiger partial charge on any atom is 0.228 e. The highest BCUT2D eigenvalue weighted by Gasteiger charge is 2.40. The summed E-state index contributed by atoms with van der Waals surface area (Å²) in [5.41, 5.74) is 4.70. The van der Waals surface area contributed by atoms with Gasteiger partial charge in [0, 0.05) is 5.54 Å². The molecule has 0 bridgehead atoms. The number of amides is 1. The van der Waals surface area contributed by atoms with Gasteiger partial charge in [-0.15, -0.1) is 6.42 Å². The summed E-state index contributed by atoms with van der Waals surface area (Å²) in [6.45, 7) is 9.04. The van der Waals surface area contributed by atoms with E-state index in [1.807, 2.05) is 27.7 Å². The van der Waals surface area contributed by atoms with Gasteiger partial charge < -0.3 is 11.1 Å². The standard InChI is InChI=1S/C11H20N2O/c1-7-8(2)13-9(14)10(3,4)11(5,6)12/h1,8H,12H2,2-6H3,(H,13,14). The molecule has 1 unspecified atom stereocenters. The van der Waals surface area contributed by atoms with Crippen LogP contribution in [0.4, 0.5) is 0 Å². The Morgan fingerprint density at radius 1 is 1.43 bits per heavy atom. The van der Waals surface area contributed by atoms with Gasteiger partial charge in [0.1, 0.15) is 0 Å². The van der Waals surface area contributed by atoms with Gasteiger partial charge in [-0.2, -0.15) is 0 Å². The average Bonchev–Trinajstić information content (AvgIpc) is 2.01. The predicted molar refractivity (Wildman–Crippen MR) is 58.5 cm³/mol. The average molecular weight is 196 g/mol. The van der Waals surface area contributed by atoms with Crippen LogP contribution >= 0.6 is 0 Å². The minimum Gasteiger partial charge on any atom is -0.342 e. The van der Waals surface area contributed by atoms with Gasteiger partial charge in [-0.3, -0.25) is 4.79 Å². The Labute approximate surface area is 86.4 Å². The lowest BCUT2D eigenvalue weighted by Crippen LogP contribution is -2.56. The van der Waals surface area contributed by atoms with Crippen molar-refractivity contribution in [2.75, 3.05) is 0 Å². The second-order valence-corrected chi connectivity index (χ2v) is 4.71. The zero-order valence-corrected chi connectivity index (χ0v) is 9.64. The third kappa shape index (κ3) is 2.74. The van der Waals surface area contributed by atoms with E-state index in [1.165, 1.54) is 0 Å². The molecule has 0 aliphatic rings. The summed E-state index contributed by atoms with van der Waals surface area (Å²) in [7, 11) is 0. The number of carbonyl (C=O) groups excluding carboxylic acids is 1. The summed E-state index contributed by atoms with van der Waals surface area (Å²) in [6.07, 6.45) is 5.18. The first-order valence-corrected chi connectivity index (χ1v) is 4.69. The molecule has 0 aromatic carbocycles. The zero-order chi connectivity index (χ0) is 11.6. The van der Waals surface area contributed by atoms with E-state index in [2.05, 4.69) is 11.2 Å². The molecule has 0 heterocycles. The van der Waals surface area contributed by atoms with E-state index in [9.17, 15) is 4.79 Å². The van der Waals surface area contributed by atoms with E-state index in [1.54, 1.807) is 6.92 Å². The van der Waals surface area contributed by atoms with Gasteiger partial charge >= 0.3 is 0 Å². The Hall–Kier alpha value is -1.01. The number of terminal acetylenes is 1. The fourth-order valence-corrected chi connectivity index (χ4v) is 0.711. The third-order valence-corrected chi connectivity index (χ3v) is 2.78. The van der Waals surface area contributed by atoms with Crippen LogP contribution in [0, 0.1) is 17.8 Å². The molecule has 0 saturated carbocycles. The Balaban J connectivity index is 4.63. The molecule has 3 heteroatoms. The van der Waals surface area contributed by atoms with Crippen LogP contribution in [0.2, 0.25) is 0 Å². The summed E-state index contributed by atoms with van der Waals surface area (Å²) in [6, 6.07) is -0.260. The number of hydrogen-bond acceptors (Lipinski definition) is 2. The molecule has 3 N–H and O–H groups in total. The number of nitrogens with one attached hydrogen (secondary N) is 1. The van der Waals surface area contributed by atoms with Crippen molar-refractivity contribution >= 4 is 5.91 Å². The Bertz CT molecular complexity index is 255. The Morgan fingerprint density at radius 2 is 1.86 bits per heavy atom. The van der Waals surface area contributed by atoms with Crippen molar-refractivity contribution in [1.82, 2.24) is 5.32 Å². The van der Waals surface area contributed by atoms with Crippen molar-refractivity contribution < 1.29 is 4.79 Å². The predicted octanol–water partition coefficient (Wildman–Crippen LogP) is 0.888. The van der Waals surface area contributed by atoms with Gasteiger partial charge in [-0.1, -0.05) is 5.92 Å². The van der Waals surface area contributed by atoms with E-state index >= 15 is 0 Å². The monoisotopic (exact) mass is 196 g/mol. The van der Waals surface area contributed by atoms with E-state index < -0.39 is 11.0 Å². The molecular weight excluding hydrogens is 176 g/mol. The molecule has 0 fully saturated rings. The van der Waals surface area contributed by atoms with Crippen LogP contribution < -0.4 is 11.1 Å². The van der Waals surface area contributed by atoms with E-state index in [0.29, 0.717) is 0 Å². The van der Waals surface area contributed by atoms with E-state index in [4.69, 9.17) is 12.2 Å². The van der Waals surface area contributed by atoms with Crippen molar-refractivity contribution in [1.29, 1.82) is 0 Å². The fourth-order valence-electron chi connectivity index (χ4n) is 0.711. The normalized spacial score (nSPS) is 14.4. The number of carbonyl (C=O) groups is 1. The highest BCUT2D eigenvalue weighted by molar-refractivity contribution is 5.83. The van der Waals surface area contributed by atoms with Crippen LogP contribution in [0.3, 0.4) is 0 Å². The van der Waals surface area contributed by atoms with Crippen LogP contribution in [0.1, 0.15) is 34.6 Å². The van der Waals surface area contributed by atoms with Crippen molar-refractivity contribution in [2.24, 2.45) is 11.1 Å². The summed E-state index contributed by atoms with van der Waals surface area (Å²) in [5, 5.41) is 2.72. The first-order valence-electron chi connectivity index (χ1n) is 4.69. The summed E-state index contributed by atoms with van der Waals surface area (Å²) in [5.74, 6) is 2.33. The van der Waals surface area contributed by atoms with E-state index in [-0.39, 0.29) is 11.9 Å². The van der Waals surface area contributed by atoms with Crippen molar-refractivity contribution in [3.63, 3.8) is 0 Å². The maximum absolute atomic E-state index is 11.8. The van der Waals surface area contributed by atoms with Crippen LogP contribution in [-0.4, -0.2) is 17.5 Å². The topological polar surface area (TPSA) is 55.1 Å². The van der Waals surface area contributed by atoms with Gasteiger partial charge in [0.25, 0.3) is 0 Å². The van der Waals surface area contributed by atoms with Crippen LogP contribution in [0.5, 0.6) is 0 Å². The highest BCUT2D eigenvalue weighted by atomic mass is 16.2. The molecule has 3 nitrogen and oxygen atoms in total. The second-order valence-electron chi connectivity index (χ2n) is 4.71. The molecule has 0 aliphatic heterocycles. The zero-order valence-electron chi connectivity index (χ0n) is 9.64. The molecule has 80 valence electrons. The fraction of sp³-hybridized carbons (Fsp3) is 0.727. The number of rotatable bonds is 3. The molecular formula is C11H20N2O. The van der Waals surface area contributed by atoms with Gasteiger partial charge in [0.05, 0.1) is 11.5 Å². The molecule has 0 aliphatic carbocycles. The van der Waals surface area contributed by atoms with Gasteiger partial charge in [-0.05, 0) is 34.6 Å². The largest absolute Gasteiger partial charge is 0.342 e. The van der Waals surface area contributed by atoms with Gasteiger partial charge in [-0.25, -0.2) is 0 Å². The van der Waals surface area contributed by atoms with Crippen molar-refractivity contribution in [3.8, 4) is 12.3 Å². The van der Waals surface area contributed by atoms with Gasteiger partial charge in [0.15, 0.2) is 0 Å². The number of hydrogen-bond donors (Lipinski definition) is 2. The quantitative estimate of drug-likeness (QED) is 0.659. The van der Waals surface area contributed by atoms with Crippen molar-refractivity contribution in [3.05, 3.63) is 0 Å². The number of nitrogens with two attached hydrogens (primary N) is 1. The lowest BCUT2D eigenvalue weighted by atomic mass is 9.74. The molecule has 0 radical (unpaired) electrons.